The molecule has 0 atom stereocenters. The van der Waals surface area contributed by atoms with Gasteiger partial charge < -0.3 is 5.32 Å². The fraction of sp³-hybridized carbons (Fsp3) is 0.294. The van der Waals surface area contributed by atoms with Crippen molar-refractivity contribution in [1.82, 2.24) is 20.1 Å². The molecule has 2 heterocycles. The van der Waals surface area contributed by atoms with Gasteiger partial charge in [-0.1, -0.05) is 38.1 Å². The number of hydrogen-bond acceptors (Lipinski definition) is 3. The quantitative estimate of drug-likeness (QED) is 0.798. The second-order valence-electron chi connectivity index (χ2n) is 5.60. The average Bonchev–Trinajstić information content (AvgIpc) is 2.90. The standard InChI is InChI=1S/C17H20N4/c1-12(2)18-11-15-10-14-6-4-5-7-16(14)17(19-15)21-9-8-13(3)20-21/h4-10,12,18H,11H2,1-3H3. The van der Waals surface area contributed by atoms with Crippen LogP contribution < -0.4 is 5.32 Å². The van der Waals surface area contributed by atoms with E-state index in [0.717, 1.165) is 29.1 Å². The largest absolute Gasteiger partial charge is 0.309 e. The lowest BCUT2D eigenvalue weighted by Gasteiger charge is -2.11. The number of fused-ring (bicyclic) bond motifs is 1. The highest BCUT2D eigenvalue weighted by molar-refractivity contribution is 5.88. The highest BCUT2D eigenvalue weighted by Crippen LogP contribution is 2.21. The molecule has 4 heteroatoms. The van der Waals surface area contributed by atoms with Crippen LogP contribution in [0.5, 0.6) is 0 Å². The first-order valence-electron chi connectivity index (χ1n) is 7.28. The van der Waals surface area contributed by atoms with E-state index in [1.165, 1.54) is 5.39 Å². The van der Waals surface area contributed by atoms with Crippen molar-refractivity contribution in [3.63, 3.8) is 0 Å². The van der Waals surface area contributed by atoms with Gasteiger partial charge in [0.2, 0.25) is 0 Å². The minimum Gasteiger partial charge on any atom is -0.309 e. The van der Waals surface area contributed by atoms with Crippen LogP contribution in [0.4, 0.5) is 0 Å². The summed E-state index contributed by atoms with van der Waals surface area (Å²) in [5.41, 5.74) is 2.03. The molecule has 0 aliphatic carbocycles. The third-order valence-corrected chi connectivity index (χ3v) is 3.40. The predicted molar refractivity (Wildman–Crippen MR) is 85.6 cm³/mol. The first-order chi connectivity index (χ1) is 10.1. The zero-order valence-electron chi connectivity index (χ0n) is 12.7. The molecule has 1 N–H and O–H groups in total. The van der Waals surface area contributed by atoms with Gasteiger partial charge in [-0.05, 0) is 24.4 Å². The summed E-state index contributed by atoms with van der Waals surface area (Å²) < 4.78 is 1.86. The summed E-state index contributed by atoms with van der Waals surface area (Å²) in [6, 6.07) is 12.9. The molecule has 4 nitrogen and oxygen atoms in total. The van der Waals surface area contributed by atoms with Gasteiger partial charge in [-0.25, -0.2) is 9.67 Å². The Morgan fingerprint density at radius 1 is 1.19 bits per heavy atom. The van der Waals surface area contributed by atoms with Gasteiger partial charge in [0.15, 0.2) is 5.82 Å². The number of aryl methyl sites for hydroxylation is 1. The highest BCUT2D eigenvalue weighted by Gasteiger charge is 2.09. The molecule has 0 saturated carbocycles. The average molecular weight is 280 g/mol. The van der Waals surface area contributed by atoms with E-state index in [2.05, 4.69) is 48.5 Å². The van der Waals surface area contributed by atoms with Gasteiger partial charge >= 0.3 is 0 Å². The van der Waals surface area contributed by atoms with Crippen LogP contribution in [0, 0.1) is 6.92 Å². The van der Waals surface area contributed by atoms with Crippen LogP contribution in [-0.4, -0.2) is 20.8 Å². The third kappa shape index (κ3) is 2.95. The zero-order chi connectivity index (χ0) is 14.8. The van der Waals surface area contributed by atoms with Crippen molar-refractivity contribution in [3.05, 3.63) is 54.0 Å². The Morgan fingerprint density at radius 2 is 2.00 bits per heavy atom. The van der Waals surface area contributed by atoms with Crippen molar-refractivity contribution in [1.29, 1.82) is 0 Å². The Morgan fingerprint density at radius 3 is 2.71 bits per heavy atom. The maximum absolute atomic E-state index is 4.79. The van der Waals surface area contributed by atoms with Gasteiger partial charge in [0, 0.05) is 24.2 Å². The summed E-state index contributed by atoms with van der Waals surface area (Å²) in [7, 11) is 0. The van der Waals surface area contributed by atoms with Gasteiger partial charge in [-0.3, -0.25) is 0 Å². The number of hydrogen-bond donors (Lipinski definition) is 1. The zero-order valence-corrected chi connectivity index (χ0v) is 12.7. The summed E-state index contributed by atoms with van der Waals surface area (Å²) in [5, 5.41) is 10.2. The van der Waals surface area contributed by atoms with Gasteiger partial charge in [0.05, 0.1) is 11.4 Å². The lowest BCUT2D eigenvalue weighted by Crippen LogP contribution is -2.22. The molecular formula is C17H20N4. The Balaban J connectivity index is 2.11. The topological polar surface area (TPSA) is 42.7 Å². The molecule has 0 amide bonds. The van der Waals surface area contributed by atoms with E-state index < -0.39 is 0 Å². The fourth-order valence-corrected chi connectivity index (χ4v) is 2.34. The van der Waals surface area contributed by atoms with Gasteiger partial charge in [-0.15, -0.1) is 0 Å². The normalized spacial score (nSPS) is 11.4. The van der Waals surface area contributed by atoms with Gasteiger partial charge in [0.1, 0.15) is 0 Å². The molecule has 0 aliphatic rings. The number of pyridine rings is 1. The second-order valence-corrected chi connectivity index (χ2v) is 5.60. The summed E-state index contributed by atoms with van der Waals surface area (Å²) in [5.74, 6) is 0.891. The number of nitrogens with one attached hydrogen (secondary N) is 1. The molecule has 3 rings (SSSR count). The van der Waals surface area contributed by atoms with Crippen LogP contribution >= 0.6 is 0 Å². The van der Waals surface area contributed by atoms with Crippen molar-refractivity contribution in [2.75, 3.05) is 0 Å². The lowest BCUT2D eigenvalue weighted by molar-refractivity contribution is 0.581. The molecule has 21 heavy (non-hydrogen) atoms. The van der Waals surface area contributed by atoms with E-state index in [1.54, 1.807) is 0 Å². The highest BCUT2D eigenvalue weighted by atomic mass is 15.3. The molecule has 108 valence electrons. The molecule has 0 bridgehead atoms. The van der Waals surface area contributed by atoms with E-state index in [1.807, 2.05) is 29.9 Å². The minimum absolute atomic E-state index is 0.439. The fourth-order valence-electron chi connectivity index (χ4n) is 2.34. The molecule has 0 unspecified atom stereocenters. The van der Waals surface area contributed by atoms with Crippen molar-refractivity contribution in [2.24, 2.45) is 0 Å². The maximum atomic E-state index is 4.79. The van der Waals surface area contributed by atoms with Crippen molar-refractivity contribution < 1.29 is 0 Å². The Bertz CT molecular complexity index is 758. The van der Waals surface area contributed by atoms with Crippen molar-refractivity contribution in [2.45, 2.75) is 33.4 Å². The molecule has 3 aromatic rings. The summed E-state index contributed by atoms with van der Waals surface area (Å²) in [4.78, 5) is 4.79. The van der Waals surface area contributed by atoms with E-state index in [0.29, 0.717) is 6.04 Å². The Labute approximate surface area is 124 Å². The number of aromatic nitrogens is 3. The first kappa shape index (κ1) is 13.8. The molecule has 1 aromatic carbocycles. The summed E-state index contributed by atoms with van der Waals surface area (Å²) >= 11 is 0. The van der Waals surface area contributed by atoms with Crippen LogP contribution in [0.2, 0.25) is 0 Å². The lowest BCUT2D eigenvalue weighted by atomic mass is 10.1. The van der Waals surface area contributed by atoms with Crippen LogP contribution in [0.15, 0.2) is 42.6 Å². The van der Waals surface area contributed by atoms with Gasteiger partial charge in [-0.2, -0.15) is 5.10 Å². The van der Waals surface area contributed by atoms with Crippen LogP contribution in [0.1, 0.15) is 25.2 Å². The second kappa shape index (κ2) is 5.66. The van der Waals surface area contributed by atoms with E-state index in [9.17, 15) is 0 Å². The SMILES string of the molecule is Cc1ccn(-c2nc(CNC(C)C)cc3ccccc23)n1. The van der Waals surface area contributed by atoms with E-state index in [4.69, 9.17) is 4.98 Å². The molecular weight excluding hydrogens is 260 g/mol. The number of rotatable bonds is 4. The van der Waals surface area contributed by atoms with Crippen LogP contribution in [0.25, 0.3) is 16.6 Å². The molecule has 0 aliphatic heterocycles. The monoisotopic (exact) mass is 280 g/mol. The maximum Gasteiger partial charge on any atom is 0.161 e. The minimum atomic E-state index is 0.439. The molecule has 0 saturated heterocycles. The smallest absolute Gasteiger partial charge is 0.161 e. The van der Waals surface area contributed by atoms with Crippen molar-refractivity contribution >= 4 is 10.8 Å². The number of benzene rings is 1. The molecule has 0 radical (unpaired) electrons. The van der Waals surface area contributed by atoms with E-state index >= 15 is 0 Å². The molecule has 0 spiro atoms. The Hall–Kier alpha value is -2.20. The summed E-state index contributed by atoms with van der Waals surface area (Å²) in [6.07, 6.45) is 1.96. The number of nitrogens with zero attached hydrogens (tertiary/aromatic N) is 3. The third-order valence-electron chi connectivity index (χ3n) is 3.40. The molecule has 2 aromatic heterocycles. The molecule has 0 fully saturated rings. The van der Waals surface area contributed by atoms with Crippen LogP contribution in [-0.2, 0) is 6.54 Å². The predicted octanol–water partition coefficient (Wildman–Crippen LogP) is 3.23. The Kier molecular flexibility index (Phi) is 3.71. The van der Waals surface area contributed by atoms with E-state index in [-0.39, 0.29) is 0 Å². The van der Waals surface area contributed by atoms with Crippen LogP contribution in [0.3, 0.4) is 0 Å². The van der Waals surface area contributed by atoms with Gasteiger partial charge in [0.25, 0.3) is 0 Å². The van der Waals surface area contributed by atoms with Crippen molar-refractivity contribution in [3.8, 4) is 5.82 Å². The first-order valence-corrected chi connectivity index (χ1v) is 7.28. The summed E-state index contributed by atoms with van der Waals surface area (Å²) in [6.45, 7) is 7.02.